The van der Waals surface area contributed by atoms with Crippen LogP contribution in [0.25, 0.3) is 0 Å². The van der Waals surface area contributed by atoms with Gasteiger partial charge in [-0.1, -0.05) is 6.92 Å². The summed E-state index contributed by atoms with van der Waals surface area (Å²) in [6.07, 6.45) is 6.10. The van der Waals surface area contributed by atoms with Crippen molar-refractivity contribution in [1.29, 1.82) is 0 Å². The van der Waals surface area contributed by atoms with Crippen LogP contribution in [0, 0.1) is 0 Å². The molecule has 0 bridgehead atoms. The summed E-state index contributed by atoms with van der Waals surface area (Å²) in [5.74, 6) is 1.53. The summed E-state index contributed by atoms with van der Waals surface area (Å²) in [7, 11) is 0. The van der Waals surface area contributed by atoms with Gasteiger partial charge in [-0.2, -0.15) is 0 Å². The molecule has 1 aliphatic rings. The highest BCUT2D eigenvalue weighted by Gasteiger charge is 2.24. The predicted molar refractivity (Wildman–Crippen MR) is 63.8 cm³/mol. The van der Waals surface area contributed by atoms with Crippen LogP contribution in [0.15, 0.2) is 16.9 Å². The van der Waals surface area contributed by atoms with Crippen LogP contribution in [-0.4, -0.2) is 34.5 Å². The lowest BCUT2D eigenvalue weighted by atomic mass is 10.1. The van der Waals surface area contributed by atoms with E-state index < -0.39 is 0 Å². The first-order valence-electron chi connectivity index (χ1n) is 5.49. The molecule has 1 fully saturated rings. The molecule has 1 unspecified atom stereocenters. The molecule has 2 rings (SSSR count). The molecule has 1 aromatic heterocycles. The van der Waals surface area contributed by atoms with Crippen molar-refractivity contribution in [3.8, 4) is 0 Å². The predicted octanol–water partition coefficient (Wildman–Crippen LogP) is 2.44. The third-order valence-electron chi connectivity index (χ3n) is 2.82. The summed E-state index contributed by atoms with van der Waals surface area (Å²) in [6.45, 7) is 5.74. The van der Waals surface area contributed by atoms with Crippen molar-refractivity contribution in [2.24, 2.45) is 0 Å². The third kappa shape index (κ3) is 2.75. The molecular formula is C11H16BrN3. The van der Waals surface area contributed by atoms with Crippen molar-refractivity contribution in [2.45, 2.75) is 25.7 Å². The summed E-state index contributed by atoms with van der Waals surface area (Å²) in [4.78, 5) is 11.2. The molecular weight excluding hydrogens is 254 g/mol. The number of rotatable bonds is 3. The van der Waals surface area contributed by atoms with Crippen LogP contribution < -0.4 is 0 Å². The molecule has 1 aromatic rings. The Morgan fingerprint density at radius 1 is 1.47 bits per heavy atom. The molecule has 1 aliphatic heterocycles. The quantitative estimate of drug-likeness (QED) is 0.844. The molecule has 0 aliphatic carbocycles. The molecule has 0 aromatic carbocycles. The van der Waals surface area contributed by atoms with E-state index in [0.717, 1.165) is 16.8 Å². The molecule has 0 saturated carbocycles. The fourth-order valence-corrected chi connectivity index (χ4v) is 2.30. The lowest BCUT2D eigenvalue weighted by molar-refractivity contribution is 0.334. The topological polar surface area (TPSA) is 29.0 Å². The van der Waals surface area contributed by atoms with E-state index >= 15 is 0 Å². The number of likely N-dealkylation sites (tertiary alicyclic amines) is 1. The molecule has 4 heteroatoms. The Bertz CT molecular complexity index is 312. The van der Waals surface area contributed by atoms with Crippen molar-refractivity contribution in [3.05, 3.63) is 22.7 Å². The van der Waals surface area contributed by atoms with Crippen LogP contribution in [-0.2, 0) is 0 Å². The Labute approximate surface area is 99.0 Å². The monoisotopic (exact) mass is 269 g/mol. The van der Waals surface area contributed by atoms with E-state index in [2.05, 4.69) is 37.7 Å². The van der Waals surface area contributed by atoms with Gasteiger partial charge in [-0.05, 0) is 41.9 Å². The minimum atomic E-state index is 0.532. The summed E-state index contributed by atoms with van der Waals surface area (Å²) < 4.78 is 0.953. The molecule has 1 atom stereocenters. The fraction of sp³-hybridized carbons (Fsp3) is 0.636. The summed E-state index contributed by atoms with van der Waals surface area (Å²) >= 11 is 3.36. The van der Waals surface area contributed by atoms with E-state index in [0.29, 0.717) is 5.92 Å². The van der Waals surface area contributed by atoms with Gasteiger partial charge in [0.15, 0.2) is 0 Å². The van der Waals surface area contributed by atoms with Gasteiger partial charge in [0.05, 0.1) is 4.47 Å². The van der Waals surface area contributed by atoms with Crippen molar-refractivity contribution in [1.82, 2.24) is 14.9 Å². The number of nitrogens with zero attached hydrogens (tertiary/aromatic N) is 3. The maximum Gasteiger partial charge on any atom is 0.132 e. The third-order valence-corrected chi connectivity index (χ3v) is 3.23. The van der Waals surface area contributed by atoms with Gasteiger partial charge >= 0.3 is 0 Å². The van der Waals surface area contributed by atoms with Crippen LogP contribution >= 0.6 is 15.9 Å². The Morgan fingerprint density at radius 2 is 2.20 bits per heavy atom. The van der Waals surface area contributed by atoms with Crippen LogP contribution in [0.2, 0.25) is 0 Å². The first kappa shape index (κ1) is 11.0. The highest BCUT2D eigenvalue weighted by molar-refractivity contribution is 9.10. The zero-order valence-corrected chi connectivity index (χ0v) is 10.6. The molecule has 82 valence electrons. The minimum absolute atomic E-state index is 0.532. The number of aromatic nitrogens is 2. The molecule has 0 amide bonds. The fourth-order valence-electron chi connectivity index (χ4n) is 2.10. The van der Waals surface area contributed by atoms with Gasteiger partial charge in [-0.25, -0.2) is 9.97 Å². The van der Waals surface area contributed by atoms with Gasteiger partial charge in [-0.3, -0.25) is 0 Å². The highest BCUT2D eigenvalue weighted by atomic mass is 79.9. The summed E-state index contributed by atoms with van der Waals surface area (Å²) in [6, 6.07) is 0. The van der Waals surface area contributed by atoms with Crippen molar-refractivity contribution >= 4 is 15.9 Å². The maximum atomic E-state index is 4.37. The Balaban J connectivity index is 1.98. The lowest BCUT2D eigenvalue weighted by Gasteiger charge is -2.13. The van der Waals surface area contributed by atoms with E-state index in [9.17, 15) is 0 Å². The van der Waals surface area contributed by atoms with E-state index in [1.165, 1.54) is 25.9 Å². The van der Waals surface area contributed by atoms with E-state index in [4.69, 9.17) is 0 Å². The first-order valence-corrected chi connectivity index (χ1v) is 6.28. The molecule has 3 nitrogen and oxygen atoms in total. The second kappa shape index (κ2) is 5.03. The van der Waals surface area contributed by atoms with Crippen LogP contribution in [0.4, 0.5) is 0 Å². The van der Waals surface area contributed by atoms with Crippen LogP contribution in [0.3, 0.4) is 0 Å². The Morgan fingerprint density at radius 3 is 2.87 bits per heavy atom. The molecule has 0 radical (unpaired) electrons. The Hall–Kier alpha value is -0.480. The maximum absolute atomic E-state index is 4.37. The van der Waals surface area contributed by atoms with E-state index in [-0.39, 0.29) is 0 Å². The lowest BCUT2D eigenvalue weighted by Crippen LogP contribution is -2.21. The molecule has 15 heavy (non-hydrogen) atoms. The minimum Gasteiger partial charge on any atom is -0.303 e. The second-order valence-electron chi connectivity index (χ2n) is 4.05. The van der Waals surface area contributed by atoms with Gasteiger partial charge in [0.1, 0.15) is 5.82 Å². The highest BCUT2D eigenvalue weighted by Crippen LogP contribution is 2.24. The normalized spacial score (nSPS) is 22.1. The number of hydrogen-bond acceptors (Lipinski definition) is 3. The molecule has 0 N–H and O–H groups in total. The van der Waals surface area contributed by atoms with E-state index in [1.54, 1.807) is 0 Å². The zero-order valence-electron chi connectivity index (χ0n) is 8.99. The largest absolute Gasteiger partial charge is 0.303 e. The average molecular weight is 270 g/mol. The Kier molecular flexibility index (Phi) is 3.70. The zero-order chi connectivity index (χ0) is 10.7. The van der Waals surface area contributed by atoms with Crippen molar-refractivity contribution in [2.75, 3.05) is 19.6 Å². The van der Waals surface area contributed by atoms with Crippen molar-refractivity contribution in [3.63, 3.8) is 0 Å². The molecule has 1 saturated heterocycles. The van der Waals surface area contributed by atoms with Gasteiger partial charge in [0.2, 0.25) is 0 Å². The van der Waals surface area contributed by atoms with Gasteiger partial charge in [0, 0.05) is 24.9 Å². The molecule has 2 heterocycles. The van der Waals surface area contributed by atoms with E-state index in [1.807, 2.05) is 12.4 Å². The summed E-state index contributed by atoms with van der Waals surface area (Å²) in [5, 5.41) is 0. The number of halogens is 1. The molecule has 0 spiro atoms. The first-order chi connectivity index (χ1) is 7.29. The van der Waals surface area contributed by atoms with Gasteiger partial charge < -0.3 is 4.90 Å². The van der Waals surface area contributed by atoms with Gasteiger partial charge in [-0.15, -0.1) is 0 Å². The standard InChI is InChI=1S/C11H16BrN3/c1-2-4-15-5-3-9(8-15)11-13-6-10(12)7-14-11/h6-7,9H,2-5,8H2,1H3. The second-order valence-corrected chi connectivity index (χ2v) is 4.96. The SMILES string of the molecule is CCCN1CCC(c2ncc(Br)cn2)C1. The smallest absolute Gasteiger partial charge is 0.132 e. The number of hydrogen-bond donors (Lipinski definition) is 0. The van der Waals surface area contributed by atoms with Crippen LogP contribution in [0.1, 0.15) is 31.5 Å². The van der Waals surface area contributed by atoms with Crippen LogP contribution in [0.5, 0.6) is 0 Å². The summed E-state index contributed by atoms with van der Waals surface area (Å²) in [5.41, 5.74) is 0. The van der Waals surface area contributed by atoms with Crippen molar-refractivity contribution < 1.29 is 0 Å². The average Bonchev–Trinajstić information content (AvgIpc) is 2.68. The van der Waals surface area contributed by atoms with Gasteiger partial charge in [0.25, 0.3) is 0 Å².